The highest BCUT2D eigenvalue weighted by Gasteiger charge is 2.25. The molecular formula is C28H35N5O4. The van der Waals surface area contributed by atoms with E-state index in [4.69, 9.17) is 15.2 Å². The number of nitrogen functional groups attached to an aromatic ring is 1. The first-order chi connectivity index (χ1) is 17.7. The summed E-state index contributed by atoms with van der Waals surface area (Å²) in [5.74, 6) is 0.772. The number of nitrogens with zero attached hydrogens (tertiary/aromatic N) is 4. The van der Waals surface area contributed by atoms with E-state index in [-0.39, 0.29) is 17.7 Å². The van der Waals surface area contributed by atoms with E-state index in [1.165, 1.54) is 5.56 Å². The smallest absolute Gasteiger partial charge is 0.410 e. The zero-order valence-corrected chi connectivity index (χ0v) is 21.7. The SMILES string of the molecule is CC(C)(C)OC(=O)N1CCN(Cc2ccc(CCOc3cc(-c4ccccc4O)nnc3N)cc2)CC1. The fraction of sp³-hybridized carbons (Fsp3) is 0.393. The first kappa shape index (κ1) is 26.2. The van der Waals surface area contributed by atoms with Crippen molar-refractivity contribution in [1.82, 2.24) is 20.0 Å². The third-order valence-corrected chi connectivity index (χ3v) is 6.07. The summed E-state index contributed by atoms with van der Waals surface area (Å²) in [6, 6.07) is 17.1. The molecule has 1 fully saturated rings. The third-order valence-electron chi connectivity index (χ3n) is 6.07. The number of rotatable bonds is 7. The minimum Gasteiger partial charge on any atom is -0.507 e. The Balaban J connectivity index is 1.25. The molecule has 0 saturated carbocycles. The number of benzene rings is 2. The van der Waals surface area contributed by atoms with Crippen LogP contribution in [-0.4, -0.2) is 69.6 Å². The lowest BCUT2D eigenvalue weighted by Crippen LogP contribution is -2.49. The molecule has 3 aromatic rings. The van der Waals surface area contributed by atoms with E-state index in [1.807, 2.05) is 26.8 Å². The maximum Gasteiger partial charge on any atom is 0.410 e. The van der Waals surface area contributed by atoms with Gasteiger partial charge in [0.05, 0.1) is 6.61 Å². The van der Waals surface area contributed by atoms with Gasteiger partial charge in [-0.25, -0.2) is 4.79 Å². The first-order valence-corrected chi connectivity index (χ1v) is 12.5. The van der Waals surface area contributed by atoms with E-state index in [0.717, 1.165) is 25.2 Å². The summed E-state index contributed by atoms with van der Waals surface area (Å²) in [5, 5.41) is 18.1. The number of phenols is 1. The second-order valence-electron chi connectivity index (χ2n) is 10.2. The van der Waals surface area contributed by atoms with Gasteiger partial charge in [-0.15, -0.1) is 10.2 Å². The molecule has 0 bridgehead atoms. The van der Waals surface area contributed by atoms with Crippen molar-refractivity contribution in [3.8, 4) is 22.8 Å². The van der Waals surface area contributed by atoms with Gasteiger partial charge in [0.1, 0.15) is 17.0 Å². The topological polar surface area (TPSA) is 114 Å². The molecule has 37 heavy (non-hydrogen) atoms. The molecule has 196 valence electrons. The molecule has 3 N–H and O–H groups in total. The Morgan fingerprint density at radius 2 is 1.68 bits per heavy atom. The first-order valence-electron chi connectivity index (χ1n) is 12.5. The molecule has 0 aliphatic carbocycles. The molecule has 0 unspecified atom stereocenters. The molecule has 1 aliphatic heterocycles. The number of hydrogen-bond acceptors (Lipinski definition) is 8. The summed E-state index contributed by atoms with van der Waals surface area (Å²) in [7, 11) is 0. The molecule has 2 heterocycles. The lowest BCUT2D eigenvalue weighted by atomic mass is 10.1. The van der Waals surface area contributed by atoms with Crippen LogP contribution in [0.1, 0.15) is 31.9 Å². The Bertz CT molecular complexity index is 1200. The van der Waals surface area contributed by atoms with Gasteiger partial charge in [0.25, 0.3) is 0 Å². The molecule has 0 radical (unpaired) electrons. The maximum absolute atomic E-state index is 12.3. The fourth-order valence-electron chi connectivity index (χ4n) is 4.08. The molecule has 9 heteroatoms. The average Bonchev–Trinajstić information content (AvgIpc) is 2.86. The number of carbonyl (C=O) groups is 1. The van der Waals surface area contributed by atoms with Crippen molar-refractivity contribution in [2.24, 2.45) is 0 Å². The predicted molar refractivity (Wildman–Crippen MR) is 142 cm³/mol. The van der Waals surface area contributed by atoms with Crippen LogP contribution in [0, 0.1) is 0 Å². The van der Waals surface area contributed by atoms with Crippen molar-refractivity contribution in [1.29, 1.82) is 0 Å². The fourth-order valence-corrected chi connectivity index (χ4v) is 4.08. The molecular weight excluding hydrogens is 470 g/mol. The van der Waals surface area contributed by atoms with E-state index >= 15 is 0 Å². The van der Waals surface area contributed by atoms with Gasteiger partial charge in [-0.3, -0.25) is 4.90 Å². The molecule has 0 spiro atoms. The van der Waals surface area contributed by atoms with Crippen LogP contribution in [0.5, 0.6) is 11.5 Å². The van der Waals surface area contributed by atoms with Gasteiger partial charge in [0.2, 0.25) is 0 Å². The lowest BCUT2D eigenvalue weighted by molar-refractivity contribution is 0.0139. The number of nitrogens with two attached hydrogens (primary N) is 1. The van der Waals surface area contributed by atoms with Gasteiger partial charge >= 0.3 is 6.09 Å². The van der Waals surface area contributed by atoms with E-state index < -0.39 is 5.60 Å². The van der Waals surface area contributed by atoms with Crippen molar-refractivity contribution in [2.75, 3.05) is 38.5 Å². The molecule has 0 atom stereocenters. The van der Waals surface area contributed by atoms with Crippen molar-refractivity contribution in [3.63, 3.8) is 0 Å². The van der Waals surface area contributed by atoms with E-state index in [1.54, 1.807) is 29.2 Å². The molecule has 1 aromatic heterocycles. The second-order valence-corrected chi connectivity index (χ2v) is 10.2. The second kappa shape index (κ2) is 11.5. The summed E-state index contributed by atoms with van der Waals surface area (Å²) in [6.45, 7) is 9.91. The highest BCUT2D eigenvalue weighted by molar-refractivity contribution is 5.69. The number of ether oxygens (including phenoxy) is 2. The number of para-hydroxylation sites is 1. The number of phenolic OH excluding ortho intramolecular Hbond substituents is 1. The lowest BCUT2D eigenvalue weighted by Gasteiger charge is -2.35. The third kappa shape index (κ3) is 7.33. The molecule has 2 aromatic carbocycles. The Labute approximate surface area is 217 Å². The van der Waals surface area contributed by atoms with Gasteiger partial charge in [0, 0.05) is 50.8 Å². The summed E-state index contributed by atoms with van der Waals surface area (Å²) in [4.78, 5) is 16.4. The van der Waals surface area contributed by atoms with Crippen LogP contribution in [0.3, 0.4) is 0 Å². The van der Waals surface area contributed by atoms with Crippen LogP contribution >= 0.6 is 0 Å². The quantitative estimate of drug-likeness (QED) is 0.493. The standard InChI is InChI=1S/C28H35N5O4/c1-28(2,3)37-27(35)33-15-13-32(14-16-33)19-21-10-8-20(9-11-21)12-17-36-25-18-23(30-31-26(25)29)22-6-4-5-7-24(22)34/h4-11,18,34H,12-17,19H2,1-3H3,(H2,29,31). The summed E-state index contributed by atoms with van der Waals surface area (Å²) in [5.41, 5.74) is 8.93. The molecule has 1 saturated heterocycles. The van der Waals surface area contributed by atoms with Crippen LogP contribution in [-0.2, 0) is 17.7 Å². The normalized spacial score (nSPS) is 14.4. The van der Waals surface area contributed by atoms with Gasteiger partial charge in [-0.2, -0.15) is 0 Å². The van der Waals surface area contributed by atoms with Crippen molar-refractivity contribution >= 4 is 11.9 Å². The van der Waals surface area contributed by atoms with Gasteiger partial charge < -0.3 is 25.2 Å². The monoisotopic (exact) mass is 505 g/mol. The predicted octanol–water partition coefficient (Wildman–Crippen LogP) is 4.11. The van der Waals surface area contributed by atoms with Crippen molar-refractivity contribution < 1.29 is 19.4 Å². The van der Waals surface area contributed by atoms with Crippen LogP contribution in [0.2, 0.25) is 0 Å². The van der Waals surface area contributed by atoms with Crippen molar-refractivity contribution in [2.45, 2.75) is 39.3 Å². The number of piperazine rings is 1. The van der Waals surface area contributed by atoms with E-state index in [9.17, 15) is 9.90 Å². The summed E-state index contributed by atoms with van der Waals surface area (Å²) >= 11 is 0. The Hall–Kier alpha value is -3.85. The number of amides is 1. The summed E-state index contributed by atoms with van der Waals surface area (Å²) in [6.07, 6.45) is 0.472. The summed E-state index contributed by atoms with van der Waals surface area (Å²) < 4.78 is 11.4. The number of anilines is 1. The Morgan fingerprint density at radius 3 is 2.35 bits per heavy atom. The maximum atomic E-state index is 12.3. The van der Waals surface area contributed by atoms with E-state index in [0.29, 0.717) is 43.1 Å². The van der Waals surface area contributed by atoms with Crippen LogP contribution in [0.25, 0.3) is 11.3 Å². The highest BCUT2D eigenvalue weighted by Crippen LogP contribution is 2.30. The number of aromatic hydroxyl groups is 1. The number of hydrogen-bond donors (Lipinski definition) is 2. The zero-order valence-electron chi connectivity index (χ0n) is 21.7. The van der Waals surface area contributed by atoms with Gasteiger partial charge in [-0.05, 0) is 44.0 Å². The Kier molecular flexibility index (Phi) is 8.13. The van der Waals surface area contributed by atoms with Gasteiger partial charge in [-0.1, -0.05) is 36.4 Å². The van der Waals surface area contributed by atoms with Crippen LogP contribution in [0.15, 0.2) is 54.6 Å². The van der Waals surface area contributed by atoms with Gasteiger partial charge in [0.15, 0.2) is 11.6 Å². The van der Waals surface area contributed by atoms with E-state index in [2.05, 4.69) is 39.4 Å². The number of aromatic nitrogens is 2. The Morgan fingerprint density at radius 1 is 1.00 bits per heavy atom. The zero-order chi connectivity index (χ0) is 26.4. The van der Waals surface area contributed by atoms with Crippen LogP contribution in [0.4, 0.5) is 10.6 Å². The highest BCUT2D eigenvalue weighted by atomic mass is 16.6. The minimum atomic E-state index is -0.474. The number of carbonyl (C=O) groups excluding carboxylic acids is 1. The molecule has 1 amide bonds. The molecule has 1 aliphatic rings. The average molecular weight is 506 g/mol. The molecule has 9 nitrogen and oxygen atoms in total. The van der Waals surface area contributed by atoms with Crippen molar-refractivity contribution in [3.05, 3.63) is 65.7 Å². The van der Waals surface area contributed by atoms with Crippen LogP contribution < -0.4 is 10.5 Å². The largest absolute Gasteiger partial charge is 0.507 e. The minimum absolute atomic E-state index is 0.123. The molecule has 4 rings (SSSR count).